The number of anilines is 2. The fourth-order valence-corrected chi connectivity index (χ4v) is 4.32. The molecule has 1 aromatic carbocycles. The maximum atomic E-state index is 12.8. The summed E-state index contributed by atoms with van der Waals surface area (Å²) in [6.45, 7) is 8.04. The molecule has 0 saturated carbocycles. The van der Waals surface area contributed by atoms with Gasteiger partial charge in [-0.15, -0.1) is 0 Å². The molecule has 0 aromatic heterocycles. The highest BCUT2D eigenvalue weighted by Crippen LogP contribution is 2.28. The Morgan fingerprint density at radius 2 is 1.36 bits per heavy atom. The van der Waals surface area contributed by atoms with E-state index in [9.17, 15) is 9.59 Å². The van der Waals surface area contributed by atoms with Gasteiger partial charge in [0.2, 0.25) is 11.8 Å². The van der Waals surface area contributed by atoms with E-state index in [2.05, 4.69) is 40.9 Å². The number of carbonyl (C=O) groups is 2. The van der Waals surface area contributed by atoms with Crippen LogP contribution >= 0.6 is 0 Å². The number of hydrogen-bond donors (Lipinski definition) is 0. The first-order valence-electron chi connectivity index (χ1n) is 10.3. The van der Waals surface area contributed by atoms with Gasteiger partial charge in [0.05, 0.1) is 5.92 Å². The SMILES string of the molecule is CN1CCN(C(=O)C2CC(=O)N(c3ccc(N4CCN(C)CC4)cc3)C2)CC1. The standard InChI is InChI=1S/C21H31N5O2/c1-22-7-11-24(12-8-22)18-3-5-19(6-4-18)26-16-17(15-20(26)27)21(28)25-13-9-23(2)10-14-25/h3-6,17H,7-16H2,1-2H3. The third-order valence-electron chi connectivity index (χ3n) is 6.32. The van der Waals surface area contributed by atoms with E-state index in [-0.39, 0.29) is 17.7 Å². The van der Waals surface area contributed by atoms with Crippen molar-refractivity contribution in [3.05, 3.63) is 24.3 Å². The molecule has 3 fully saturated rings. The van der Waals surface area contributed by atoms with Gasteiger partial charge >= 0.3 is 0 Å². The molecule has 28 heavy (non-hydrogen) atoms. The predicted octanol–water partition coefficient (Wildman–Crippen LogP) is 0.565. The molecule has 0 spiro atoms. The second-order valence-electron chi connectivity index (χ2n) is 8.34. The maximum Gasteiger partial charge on any atom is 0.228 e. The smallest absolute Gasteiger partial charge is 0.228 e. The number of amides is 2. The van der Waals surface area contributed by atoms with Gasteiger partial charge in [0.25, 0.3) is 0 Å². The van der Waals surface area contributed by atoms with Crippen LogP contribution in [0, 0.1) is 5.92 Å². The minimum absolute atomic E-state index is 0.0554. The van der Waals surface area contributed by atoms with Gasteiger partial charge in [0, 0.05) is 76.7 Å². The number of carbonyl (C=O) groups excluding carboxylic acids is 2. The summed E-state index contributed by atoms with van der Waals surface area (Å²) in [5.74, 6) is -0.0222. The normalized spacial score (nSPS) is 24.9. The largest absolute Gasteiger partial charge is 0.369 e. The topological polar surface area (TPSA) is 50.3 Å². The molecule has 3 saturated heterocycles. The number of rotatable bonds is 3. The zero-order chi connectivity index (χ0) is 19.7. The molecular formula is C21H31N5O2. The Morgan fingerprint density at radius 1 is 0.821 bits per heavy atom. The predicted molar refractivity (Wildman–Crippen MR) is 111 cm³/mol. The summed E-state index contributed by atoms with van der Waals surface area (Å²) in [7, 11) is 4.23. The van der Waals surface area contributed by atoms with E-state index in [0.717, 1.165) is 58.0 Å². The molecule has 7 heteroatoms. The zero-order valence-corrected chi connectivity index (χ0v) is 17.0. The van der Waals surface area contributed by atoms with Crippen LogP contribution in [0.1, 0.15) is 6.42 Å². The molecule has 4 rings (SSSR count). The van der Waals surface area contributed by atoms with Crippen molar-refractivity contribution in [2.75, 3.05) is 82.8 Å². The zero-order valence-electron chi connectivity index (χ0n) is 17.0. The van der Waals surface area contributed by atoms with E-state index >= 15 is 0 Å². The highest BCUT2D eigenvalue weighted by Gasteiger charge is 2.37. The maximum absolute atomic E-state index is 12.8. The lowest BCUT2D eigenvalue weighted by atomic mass is 10.1. The Bertz CT molecular complexity index is 706. The van der Waals surface area contributed by atoms with Gasteiger partial charge in [0.1, 0.15) is 0 Å². The third-order valence-corrected chi connectivity index (χ3v) is 6.32. The van der Waals surface area contributed by atoms with Crippen molar-refractivity contribution in [2.24, 2.45) is 5.92 Å². The van der Waals surface area contributed by atoms with E-state index in [1.165, 1.54) is 5.69 Å². The van der Waals surface area contributed by atoms with Gasteiger partial charge in [-0.2, -0.15) is 0 Å². The molecule has 1 unspecified atom stereocenters. The van der Waals surface area contributed by atoms with Crippen LogP contribution in [0.2, 0.25) is 0 Å². The fourth-order valence-electron chi connectivity index (χ4n) is 4.32. The second kappa shape index (κ2) is 8.09. The van der Waals surface area contributed by atoms with E-state index in [1.807, 2.05) is 17.0 Å². The second-order valence-corrected chi connectivity index (χ2v) is 8.34. The molecular weight excluding hydrogens is 354 g/mol. The van der Waals surface area contributed by atoms with Crippen LogP contribution in [0.15, 0.2) is 24.3 Å². The molecule has 1 aromatic rings. The molecule has 0 bridgehead atoms. The summed E-state index contributed by atoms with van der Waals surface area (Å²) in [4.78, 5) is 36.1. The summed E-state index contributed by atoms with van der Waals surface area (Å²) < 4.78 is 0. The minimum atomic E-state index is -0.215. The fraction of sp³-hybridized carbons (Fsp3) is 0.619. The number of hydrogen-bond acceptors (Lipinski definition) is 5. The Balaban J connectivity index is 1.38. The average Bonchev–Trinajstić information content (AvgIpc) is 3.10. The van der Waals surface area contributed by atoms with Gasteiger partial charge in [-0.1, -0.05) is 0 Å². The van der Waals surface area contributed by atoms with Crippen molar-refractivity contribution in [1.82, 2.24) is 14.7 Å². The quantitative estimate of drug-likeness (QED) is 0.761. The number of benzene rings is 1. The van der Waals surface area contributed by atoms with Crippen molar-refractivity contribution in [3.8, 4) is 0 Å². The molecule has 0 radical (unpaired) electrons. The van der Waals surface area contributed by atoms with Gasteiger partial charge < -0.3 is 24.5 Å². The van der Waals surface area contributed by atoms with Crippen LogP contribution in [0.3, 0.4) is 0 Å². The van der Waals surface area contributed by atoms with Gasteiger partial charge in [-0.05, 0) is 38.4 Å². The lowest BCUT2D eigenvalue weighted by molar-refractivity contribution is -0.137. The molecule has 152 valence electrons. The van der Waals surface area contributed by atoms with Crippen molar-refractivity contribution >= 4 is 23.2 Å². The van der Waals surface area contributed by atoms with Crippen LogP contribution in [0.5, 0.6) is 0 Å². The molecule has 2 amide bonds. The monoisotopic (exact) mass is 385 g/mol. The first-order valence-corrected chi connectivity index (χ1v) is 10.3. The van der Waals surface area contributed by atoms with Crippen molar-refractivity contribution < 1.29 is 9.59 Å². The number of likely N-dealkylation sites (N-methyl/N-ethyl adjacent to an activating group) is 2. The van der Waals surface area contributed by atoms with E-state index in [1.54, 1.807) is 4.90 Å². The van der Waals surface area contributed by atoms with Crippen LogP contribution in [0.25, 0.3) is 0 Å². The van der Waals surface area contributed by atoms with Crippen LogP contribution in [0.4, 0.5) is 11.4 Å². The van der Waals surface area contributed by atoms with Crippen LogP contribution in [-0.2, 0) is 9.59 Å². The van der Waals surface area contributed by atoms with E-state index in [4.69, 9.17) is 0 Å². The average molecular weight is 386 g/mol. The van der Waals surface area contributed by atoms with Crippen LogP contribution in [-0.4, -0.2) is 99.5 Å². The highest BCUT2D eigenvalue weighted by atomic mass is 16.2. The minimum Gasteiger partial charge on any atom is -0.369 e. The molecule has 3 aliphatic heterocycles. The summed E-state index contributed by atoms with van der Waals surface area (Å²) in [6.07, 6.45) is 0.325. The molecule has 0 N–H and O–H groups in total. The van der Waals surface area contributed by atoms with Crippen molar-refractivity contribution in [3.63, 3.8) is 0 Å². The first kappa shape index (κ1) is 19.2. The van der Waals surface area contributed by atoms with Crippen molar-refractivity contribution in [1.29, 1.82) is 0 Å². The van der Waals surface area contributed by atoms with Crippen molar-refractivity contribution in [2.45, 2.75) is 6.42 Å². The summed E-state index contributed by atoms with van der Waals surface area (Å²) in [6, 6.07) is 8.25. The lowest BCUT2D eigenvalue weighted by Crippen LogP contribution is -2.49. The Labute approximate surface area is 167 Å². The Morgan fingerprint density at radius 3 is 1.96 bits per heavy atom. The van der Waals surface area contributed by atoms with Gasteiger partial charge in [-0.3, -0.25) is 9.59 Å². The molecule has 0 aliphatic carbocycles. The molecule has 3 heterocycles. The summed E-state index contributed by atoms with van der Waals surface area (Å²) in [5, 5.41) is 0. The Hall–Kier alpha value is -2.12. The third kappa shape index (κ3) is 4.00. The van der Waals surface area contributed by atoms with Gasteiger partial charge in [0.15, 0.2) is 0 Å². The highest BCUT2D eigenvalue weighted by molar-refractivity contribution is 6.00. The lowest BCUT2D eigenvalue weighted by Gasteiger charge is -2.34. The van der Waals surface area contributed by atoms with E-state index < -0.39 is 0 Å². The van der Waals surface area contributed by atoms with Crippen LogP contribution < -0.4 is 9.80 Å². The molecule has 1 atom stereocenters. The number of piperazine rings is 2. The number of nitrogens with zero attached hydrogens (tertiary/aromatic N) is 5. The summed E-state index contributed by atoms with van der Waals surface area (Å²) in [5.41, 5.74) is 2.10. The van der Waals surface area contributed by atoms with Gasteiger partial charge in [-0.25, -0.2) is 0 Å². The molecule has 7 nitrogen and oxygen atoms in total. The summed E-state index contributed by atoms with van der Waals surface area (Å²) >= 11 is 0. The Kier molecular flexibility index (Phi) is 5.55. The van der Waals surface area contributed by atoms with E-state index in [0.29, 0.717) is 13.0 Å². The first-order chi connectivity index (χ1) is 13.5. The molecule has 3 aliphatic rings.